The van der Waals surface area contributed by atoms with E-state index in [4.69, 9.17) is 9.15 Å². The van der Waals surface area contributed by atoms with Gasteiger partial charge in [0.2, 0.25) is 0 Å². The molecule has 0 saturated carbocycles. The van der Waals surface area contributed by atoms with Crippen molar-refractivity contribution < 1.29 is 9.15 Å². The minimum absolute atomic E-state index is 0.529. The third-order valence-corrected chi connectivity index (χ3v) is 3.01. The first-order valence-corrected chi connectivity index (χ1v) is 6.07. The summed E-state index contributed by atoms with van der Waals surface area (Å²) < 4.78 is 10.9. The van der Waals surface area contributed by atoms with Crippen molar-refractivity contribution in [2.24, 2.45) is 0 Å². The summed E-state index contributed by atoms with van der Waals surface area (Å²) in [5.41, 5.74) is 1.15. The number of rotatable bonds is 6. The lowest BCUT2D eigenvalue weighted by Crippen LogP contribution is -2.03. The summed E-state index contributed by atoms with van der Waals surface area (Å²) in [6, 6.07) is 6.12. The summed E-state index contributed by atoms with van der Waals surface area (Å²) in [7, 11) is 1.92. The first kappa shape index (κ1) is 11.4. The van der Waals surface area contributed by atoms with Gasteiger partial charge >= 0.3 is 0 Å². The van der Waals surface area contributed by atoms with Crippen LogP contribution < -0.4 is 5.32 Å². The molecule has 16 heavy (non-hydrogen) atoms. The van der Waals surface area contributed by atoms with Gasteiger partial charge in [-0.15, -0.1) is 11.3 Å². The lowest BCUT2D eigenvalue weighted by molar-refractivity contribution is 0.0948. The molecule has 86 valence electrons. The summed E-state index contributed by atoms with van der Waals surface area (Å²) >= 11 is 1.71. The molecule has 0 spiro atoms. The van der Waals surface area contributed by atoms with E-state index in [1.54, 1.807) is 17.6 Å². The Bertz CT molecular complexity index is 408. The average Bonchev–Trinajstić information content (AvgIpc) is 2.90. The second-order valence-electron chi connectivity index (χ2n) is 3.52. The molecule has 0 fully saturated rings. The molecule has 0 bridgehead atoms. The van der Waals surface area contributed by atoms with Crippen molar-refractivity contribution in [3.05, 3.63) is 46.0 Å². The van der Waals surface area contributed by atoms with E-state index in [1.807, 2.05) is 19.2 Å². The van der Waals surface area contributed by atoms with Crippen LogP contribution in [0, 0.1) is 0 Å². The van der Waals surface area contributed by atoms with Crippen LogP contribution in [0.5, 0.6) is 0 Å². The molecule has 0 saturated heterocycles. The summed E-state index contributed by atoms with van der Waals surface area (Å²) in [6.45, 7) is 2.01. The second-order valence-corrected chi connectivity index (χ2v) is 4.56. The summed E-state index contributed by atoms with van der Waals surface area (Å²) in [4.78, 5) is 1.24. The van der Waals surface area contributed by atoms with E-state index in [1.165, 1.54) is 4.88 Å². The van der Waals surface area contributed by atoms with E-state index < -0.39 is 0 Å². The average molecular weight is 237 g/mol. The normalized spacial score (nSPS) is 10.8. The lowest BCUT2D eigenvalue weighted by atomic mass is 10.3. The molecule has 2 heterocycles. The molecule has 2 aromatic heterocycles. The predicted molar refractivity (Wildman–Crippen MR) is 64.3 cm³/mol. The van der Waals surface area contributed by atoms with Crippen molar-refractivity contribution in [1.29, 1.82) is 0 Å². The van der Waals surface area contributed by atoms with E-state index in [0.29, 0.717) is 13.2 Å². The van der Waals surface area contributed by atoms with Crippen LogP contribution in [0.25, 0.3) is 0 Å². The van der Waals surface area contributed by atoms with Crippen LogP contribution in [0.3, 0.4) is 0 Å². The molecule has 3 nitrogen and oxygen atoms in total. The molecule has 0 aliphatic heterocycles. The zero-order valence-electron chi connectivity index (χ0n) is 9.23. The Kier molecular flexibility index (Phi) is 4.16. The molecule has 0 amide bonds. The summed E-state index contributed by atoms with van der Waals surface area (Å²) in [6.07, 6.45) is 1.76. The Morgan fingerprint density at radius 1 is 1.44 bits per heavy atom. The maximum Gasteiger partial charge on any atom is 0.129 e. The Labute approximate surface area is 99.0 Å². The van der Waals surface area contributed by atoms with Crippen LogP contribution in [0.15, 0.2) is 34.3 Å². The molecule has 1 N–H and O–H groups in total. The van der Waals surface area contributed by atoms with Crippen LogP contribution in [0.1, 0.15) is 16.2 Å². The number of ether oxygens (including phenoxy) is 1. The highest BCUT2D eigenvalue weighted by atomic mass is 32.1. The number of furan rings is 1. The molecule has 0 radical (unpaired) electrons. The van der Waals surface area contributed by atoms with Gasteiger partial charge in [0.05, 0.1) is 12.9 Å². The third-order valence-electron chi connectivity index (χ3n) is 2.16. The van der Waals surface area contributed by atoms with Gasteiger partial charge in [-0.1, -0.05) is 6.07 Å². The highest BCUT2D eigenvalue weighted by molar-refractivity contribution is 7.09. The molecule has 2 aromatic rings. The van der Waals surface area contributed by atoms with E-state index in [2.05, 4.69) is 16.8 Å². The maximum absolute atomic E-state index is 5.55. The van der Waals surface area contributed by atoms with Gasteiger partial charge in [0, 0.05) is 17.0 Å². The minimum atomic E-state index is 0.529. The van der Waals surface area contributed by atoms with Crippen molar-refractivity contribution in [3.63, 3.8) is 0 Å². The van der Waals surface area contributed by atoms with Gasteiger partial charge in [-0.25, -0.2) is 0 Å². The maximum atomic E-state index is 5.55. The summed E-state index contributed by atoms with van der Waals surface area (Å²) in [5, 5.41) is 5.13. The molecular formula is C12H15NO2S. The van der Waals surface area contributed by atoms with Crippen molar-refractivity contribution >= 4 is 11.3 Å². The molecule has 0 unspecified atom stereocenters. The Morgan fingerprint density at radius 3 is 3.12 bits per heavy atom. The van der Waals surface area contributed by atoms with Crippen molar-refractivity contribution in [3.8, 4) is 0 Å². The monoisotopic (exact) mass is 237 g/mol. The van der Waals surface area contributed by atoms with Gasteiger partial charge in [0.1, 0.15) is 12.4 Å². The largest absolute Gasteiger partial charge is 0.467 e. The molecule has 0 aliphatic rings. The van der Waals surface area contributed by atoms with Crippen LogP contribution in [-0.2, 0) is 24.5 Å². The highest BCUT2D eigenvalue weighted by Crippen LogP contribution is 2.13. The van der Waals surface area contributed by atoms with Crippen LogP contribution in [0.2, 0.25) is 0 Å². The van der Waals surface area contributed by atoms with E-state index in [-0.39, 0.29) is 0 Å². The van der Waals surface area contributed by atoms with Gasteiger partial charge in [-0.3, -0.25) is 0 Å². The number of thiophene rings is 1. The van der Waals surface area contributed by atoms with Gasteiger partial charge in [0.15, 0.2) is 0 Å². The highest BCUT2D eigenvalue weighted by Gasteiger charge is 2.01. The van der Waals surface area contributed by atoms with Gasteiger partial charge in [-0.05, 0) is 24.6 Å². The molecule has 0 aromatic carbocycles. The fourth-order valence-corrected chi connectivity index (χ4v) is 2.09. The van der Waals surface area contributed by atoms with Gasteiger partial charge < -0.3 is 14.5 Å². The quantitative estimate of drug-likeness (QED) is 0.839. The zero-order chi connectivity index (χ0) is 11.2. The van der Waals surface area contributed by atoms with Gasteiger partial charge in [0.25, 0.3) is 0 Å². The van der Waals surface area contributed by atoms with E-state index in [9.17, 15) is 0 Å². The summed E-state index contributed by atoms with van der Waals surface area (Å²) in [5.74, 6) is 0.877. The van der Waals surface area contributed by atoms with Crippen molar-refractivity contribution in [2.45, 2.75) is 19.8 Å². The number of hydrogen-bond acceptors (Lipinski definition) is 4. The van der Waals surface area contributed by atoms with Crippen LogP contribution in [-0.4, -0.2) is 7.05 Å². The van der Waals surface area contributed by atoms with Crippen LogP contribution >= 0.6 is 11.3 Å². The SMILES string of the molecule is CNCc1coc(COCc2cccs2)c1. The van der Waals surface area contributed by atoms with E-state index >= 15 is 0 Å². The van der Waals surface area contributed by atoms with Gasteiger partial charge in [-0.2, -0.15) is 0 Å². The molecule has 0 atom stereocenters. The van der Waals surface area contributed by atoms with Crippen LogP contribution in [0.4, 0.5) is 0 Å². The first-order valence-electron chi connectivity index (χ1n) is 5.19. The Morgan fingerprint density at radius 2 is 2.38 bits per heavy atom. The lowest BCUT2D eigenvalue weighted by Gasteiger charge is -1.98. The third kappa shape index (κ3) is 3.20. The Hall–Kier alpha value is -1.10. The second kappa shape index (κ2) is 5.84. The zero-order valence-corrected chi connectivity index (χ0v) is 10.0. The molecule has 4 heteroatoms. The van der Waals surface area contributed by atoms with Crippen molar-refractivity contribution in [1.82, 2.24) is 5.32 Å². The fourth-order valence-electron chi connectivity index (χ4n) is 1.45. The van der Waals surface area contributed by atoms with Crippen molar-refractivity contribution in [2.75, 3.05) is 7.05 Å². The van der Waals surface area contributed by atoms with E-state index in [0.717, 1.165) is 17.9 Å². The number of hydrogen-bond donors (Lipinski definition) is 1. The molecule has 2 rings (SSSR count). The fraction of sp³-hybridized carbons (Fsp3) is 0.333. The minimum Gasteiger partial charge on any atom is -0.467 e. The predicted octanol–water partition coefficient (Wildman–Crippen LogP) is 2.78. The molecule has 0 aliphatic carbocycles. The number of nitrogens with one attached hydrogen (secondary N) is 1. The smallest absolute Gasteiger partial charge is 0.129 e. The topological polar surface area (TPSA) is 34.4 Å². The first-order chi connectivity index (χ1) is 7.88. The molecular weight excluding hydrogens is 222 g/mol. The Balaban J connectivity index is 1.76. The standard InChI is InChI=1S/C12H15NO2S/c1-13-6-10-5-11(15-7-10)8-14-9-12-3-2-4-16-12/h2-5,7,13H,6,8-9H2,1H3.